The molecule has 0 saturated carbocycles. The van der Waals surface area contributed by atoms with Gasteiger partial charge < -0.3 is 19.1 Å². The molecule has 8 aromatic carbocycles. The summed E-state index contributed by atoms with van der Waals surface area (Å²) in [5.74, 6) is 2.03. The van der Waals surface area contributed by atoms with Gasteiger partial charge in [0.1, 0.15) is 5.82 Å². The molecule has 1 aliphatic rings. The maximum Gasteiger partial charge on any atom is 0.135 e. The third-order valence-electron chi connectivity index (χ3n) is 13.6. The summed E-state index contributed by atoms with van der Waals surface area (Å²) in [6.07, 6.45) is 1.91. The van der Waals surface area contributed by atoms with Crippen molar-refractivity contribution in [3.05, 3.63) is 212 Å². The molecule has 0 unspecified atom stereocenters. The molecule has 352 valence electrons. The second-order valence-corrected chi connectivity index (χ2v) is 21.5. The summed E-state index contributed by atoms with van der Waals surface area (Å²) < 4.78 is 9.01. The van der Waals surface area contributed by atoms with Crippen molar-refractivity contribution < 1.29 is 25.8 Å². The van der Waals surface area contributed by atoms with Gasteiger partial charge in [0, 0.05) is 66.9 Å². The molecule has 11 rings (SSSR count). The Labute approximate surface area is 427 Å². The molecule has 5 nitrogen and oxygen atoms in total. The topological polar surface area (TPSA) is 33.5 Å². The molecule has 70 heavy (non-hydrogen) atoms. The van der Waals surface area contributed by atoms with Crippen LogP contribution in [0, 0.1) is 18.8 Å². The Morgan fingerprint density at radius 1 is 0.500 bits per heavy atom. The van der Waals surface area contributed by atoms with Crippen LogP contribution in [0.1, 0.15) is 79.0 Å². The van der Waals surface area contributed by atoms with Crippen molar-refractivity contribution >= 4 is 55.3 Å². The number of para-hydroxylation sites is 1. The van der Waals surface area contributed by atoms with Crippen LogP contribution >= 0.6 is 0 Å². The minimum absolute atomic E-state index is 0. The summed E-state index contributed by atoms with van der Waals surface area (Å²) in [6, 6.07) is 68.3. The largest absolute Gasteiger partial charge is 0.509 e. The maximum absolute atomic E-state index is 6.79. The van der Waals surface area contributed by atoms with E-state index in [1.807, 2.05) is 24.4 Å². The maximum atomic E-state index is 6.79. The van der Waals surface area contributed by atoms with Crippen molar-refractivity contribution in [3.63, 3.8) is 0 Å². The van der Waals surface area contributed by atoms with Crippen molar-refractivity contribution in [1.82, 2.24) is 9.55 Å². The zero-order valence-corrected chi connectivity index (χ0v) is 43.6. The Hall–Kier alpha value is -6.94. The van der Waals surface area contributed by atoms with Gasteiger partial charge in [0.2, 0.25) is 0 Å². The third kappa shape index (κ3) is 8.60. The van der Waals surface area contributed by atoms with E-state index in [1.165, 1.54) is 38.6 Å². The molecule has 0 aliphatic carbocycles. The van der Waals surface area contributed by atoms with Crippen LogP contribution in [-0.2, 0) is 37.3 Å². The molecule has 1 aliphatic heterocycles. The van der Waals surface area contributed by atoms with Gasteiger partial charge in [0.25, 0.3) is 0 Å². The van der Waals surface area contributed by atoms with Crippen LogP contribution in [0.25, 0.3) is 60.6 Å². The average molecular weight is 1090 g/mol. The van der Waals surface area contributed by atoms with Crippen LogP contribution in [0.4, 0.5) is 22.7 Å². The van der Waals surface area contributed by atoms with E-state index in [9.17, 15) is 0 Å². The Bertz CT molecular complexity index is 3550. The molecule has 10 aromatic rings. The van der Waals surface area contributed by atoms with E-state index < -0.39 is 0 Å². The molecule has 0 N–H and O–H groups in total. The first-order chi connectivity index (χ1) is 33.1. The van der Waals surface area contributed by atoms with Gasteiger partial charge in [-0.05, 0) is 102 Å². The van der Waals surface area contributed by atoms with Crippen LogP contribution in [0.2, 0.25) is 0 Å². The van der Waals surface area contributed by atoms with E-state index in [0.717, 1.165) is 61.5 Å². The number of ether oxygens (including phenoxy) is 1. The zero-order chi connectivity index (χ0) is 47.8. The number of aromatic nitrogens is 2. The van der Waals surface area contributed by atoms with Gasteiger partial charge in [0.15, 0.2) is 0 Å². The molecule has 0 spiro atoms. The first kappa shape index (κ1) is 46.8. The number of benzene rings is 8. The molecule has 3 heterocycles. The number of pyridine rings is 1. The number of hydrogen-bond acceptors (Lipinski definition) is 4. The Morgan fingerprint density at radius 3 is 1.93 bits per heavy atom. The van der Waals surface area contributed by atoms with Gasteiger partial charge in [-0.3, -0.25) is 0 Å². The molecule has 0 radical (unpaired) electrons. The fraction of sp³-hybridized carbons (Fsp3) is 0.188. The summed E-state index contributed by atoms with van der Waals surface area (Å²) in [7, 11) is 0. The number of hydrogen-bond donors (Lipinski definition) is 0. The van der Waals surface area contributed by atoms with Crippen molar-refractivity contribution in [1.29, 1.82) is 0 Å². The van der Waals surface area contributed by atoms with Crippen molar-refractivity contribution in [2.75, 3.05) is 9.80 Å². The van der Waals surface area contributed by atoms with Gasteiger partial charge in [-0.15, -0.1) is 48.1 Å². The Balaban J connectivity index is 0.00000567. The van der Waals surface area contributed by atoms with Gasteiger partial charge in [-0.2, -0.15) is 12.1 Å². The second kappa shape index (κ2) is 17.8. The predicted octanol–water partition coefficient (Wildman–Crippen LogP) is 17.4. The first-order valence-corrected chi connectivity index (χ1v) is 24.0. The van der Waals surface area contributed by atoms with E-state index in [0.29, 0.717) is 11.5 Å². The molecular weight excluding hydrogens is 1040 g/mol. The quantitative estimate of drug-likeness (QED) is 0.149. The molecule has 0 atom stereocenters. The second-order valence-electron chi connectivity index (χ2n) is 21.5. The number of anilines is 4. The van der Waals surface area contributed by atoms with Gasteiger partial charge in [0.05, 0.1) is 0 Å². The molecule has 2 aromatic heterocycles. The van der Waals surface area contributed by atoms with E-state index >= 15 is 0 Å². The monoisotopic (exact) mass is 1090 g/mol. The van der Waals surface area contributed by atoms with Gasteiger partial charge in [-0.25, -0.2) is 4.98 Å². The Morgan fingerprint density at radius 2 is 1.17 bits per heavy atom. The number of fused-ring (bicyclic) bond motifs is 5. The van der Waals surface area contributed by atoms with Gasteiger partial charge in [-0.1, -0.05) is 171 Å². The molecule has 6 heteroatoms. The van der Waals surface area contributed by atoms with Crippen LogP contribution in [0.3, 0.4) is 0 Å². The molecule has 0 amide bonds. The van der Waals surface area contributed by atoms with E-state index in [2.05, 4.69) is 247 Å². The molecule has 0 bridgehead atoms. The van der Waals surface area contributed by atoms with E-state index in [4.69, 9.17) is 9.72 Å². The van der Waals surface area contributed by atoms with Crippen LogP contribution in [-0.4, -0.2) is 9.55 Å². The zero-order valence-electron chi connectivity index (χ0n) is 41.3. The molecule has 0 fully saturated rings. The average Bonchev–Trinajstić information content (AvgIpc) is 3.89. The molecule has 0 saturated heterocycles. The predicted molar refractivity (Wildman–Crippen MR) is 289 cm³/mol. The minimum Gasteiger partial charge on any atom is -0.509 e. The summed E-state index contributed by atoms with van der Waals surface area (Å²) in [5.41, 5.74) is 14.4. The van der Waals surface area contributed by atoms with Crippen molar-refractivity contribution in [2.45, 2.75) is 78.6 Å². The smallest absolute Gasteiger partial charge is 0.135 e. The van der Waals surface area contributed by atoms with Crippen LogP contribution in [0.5, 0.6) is 11.5 Å². The van der Waals surface area contributed by atoms with Crippen molar-refractivity contribution in [3.8, 4) is 39.6 Å². The van der Waals surface area contributed by atoms with E-state index in [-0.39, 0.29) is 37.3 Å². The normalized spacial score (nSPS) is 13.0. The SMILES string of the molecule is CC(C)(C)c1cc(N2[CH-]N(c3[c-]c(Oc4[c-]c5c(cc4)c4cc(-c6ccccc6)ccc4n5-c4cc(C(C)(C)C)ccn4)ccc3)c3cccc(-c4cccc5ccccc45)c32)cc(C(C)(C)C)c1.[Pt]. The minimum atomic E-state index is -0.0562. The summed E-state index contributed by atoms with van der Waals surface area (Å²) >= 11 is 0. The number of rotatable bonds is 7. The number of nitrogens with zero attached hydrogens (tertiary/aromatic N) is 4. The summed E-state index contributed by atoms with van der Waals surface area (Å²) in [5, 5.41) is 4.63. The van der Waals surface area contributed by atoms with Crippen LogP contribution < -0.4 is 14.5 Å². The first-order valence-electron chi connectivity index (χ1n) is 24.0. The fourth-order valence-corrected chi connectivity index (χ4v) is 9.69. The molecular formula is C64H57N4OPt-3. The summed E-state index contributed by atoms with van der Waals surface area (Å²) in [6.45, 7) is 22.7. The standard InChI is InChI=1S/C64H57N4O.Pt/c1-62(2,3)45-32-33-65-60(38-45)68-57-31-28-44(42-18-11-10-12-19-42)34-56(57)54-30-29-51(40-59(54)68)69-50-23-16-22-48(39-50)66-41-67(49-36-46(63(4,5)6)35-47(37-49)64(7,8)9)61-55(26-17-27-58(61)66)53-25-15-21-43-20-13-14-24-52(43)53;/h10-38,41H,1-9H3;/q-3;. The van der Waals surface area contributed by atoms with Gasteiger partial charge >= 0.3 is 0 Å². The van der Waals surface area contributed by atoms with E-state index in [1.54, 1.807) is 0 Å². The Kier molecular flexibility index (Phi) is 11.9. The third-order valence-corrected chi connectivity index (χ3v) is 13.6. The fourth-order valence-electron chi connectivity index (χ4n) is 9.69. The summed E-state index contributed by atoms with van der Waals surface area (Å²) in [4.78, 5) is 9.58. The van der Waals surface area contributed by atoms with Crippen molar-refractivity contribution in [2.24, 2.45) is 0 Å². The van der Waals surface area contributed by atoms with Crippen LogP contribution in [0.15, 0.2) is 176 Å².